The molecule has 4 aromatic rings. The number of aromatic nitrogens is 3. The van der Waals surface area contributed by atoms with Crippen molar-refractivity contribution in [1.82, 2.24) is 14.5 Å². The lowest BCUT2D eigenvalue weighted by Gasteiger charge is -2.28. The molecule has 2 aromatic carbocycles. The maximum Gasteiger partial charge on any atom is 0.257 e. The van der Waals surface area contributed by atoms with Crippen LogP contribution in [0.5, 0.6) is 0 Å². The van der Waals surface area contributed by atoms with E-state index in [4.69, 9.17) is 0 Å². The summed E-state index contributed by atoms with van der Waals surface area (Å²) < 4.78 is 2.28. The average Bonchev–Trinajstić information content (AvgIpc) is 3.27. The van der Waals surface area contributed by atoms with Crippen molar-refractivity contribution in [2.45, 2.75) is 32.9 Å². The number of aryl methyl sites for hydroxylation is 3. The summed E-state index contributed by atoms with van der Waals surface area (Å²) in [6.07, 6.45) is 5.54. The van der Waals surface area contributed by atoms with Crippen LogP contribution in [0.1, 0.15) is 32.9 Å². The molecule has 5 rings (SSSR count). The first kappa shape index (κ1) is 20.9. The van der Waals surface area contributed by atoms with Crippen LogP contribution in [0, 0.1) is 6.92 Å². The van der Waals surface area contributed by atoms with Crippen molar-refractivity contribution in [2.24, 2.45) is 0 Å². The summed E-state index contributed by atoms with van der Waals surface area (Å²) in [4.78, 5) is 24.0. The zero-order valence-corrected chi connectivity index (χ0v) is 18.7. The number of carbonyl (C=O) groups is 1. The first-order valence-electron chi connectivity index (χ1n) is 11.3. The molecule has 1 amide bonds. The predicted molar refractivity (Wildman–Crippen MR) is 130 cm³/mol. The van der Waals surface area contributed by atoms with Crippen molar-refractivity contribution in [2.75, 3.05) is 16.8 Å². The fourth-order valence-corrected chi connectivity index (χ4v) is 4.20. The van der Waals surface area contributed by atoms with Crippen LogP contribution >= 0.6 is 0 Å². The highest BCUT2D eigenvalue weighted by Gasteiger charge is 2.22. The number of hydrogen-bond acceptors (Lipinski definition) is 4. The van der Waals surface area contributed by atoms with Crippen LogP contribution in [-0.2, 0) is 25.9 Å². The highest BCUT2D eigenvalue weighted by Crippen LogP contribution is 2.23. The second-order valence-electron chi connectivity index (χ2n) is 8.46. The Hall–Kier alpha value is -3.93. The van der Waals surface area contributed by atoms with Crippen molar-refractivity contribution in [3.63, 3.8) is 0 Å². The number of rotatable bonds is 6. The Labute approximate surface area is 193 Å². The molecular weight excluding hydrogens is 410 g/mol. The zero-order chi connectivity index (χ0) is 22.6. The number of carbonyl (C=O) groups excluding carboxylic acids is 1. The topological polar surface area (TPSA) is 63.1 Å². The van der Waals surface area contributed by atoms with Crippen LogP contribution in [-0.4, -0.2) is 27.0 Å². The van der Waals surface area contributed by atoms with Gasteiger partial charge in [0.1, 0.15) is 5.82 Å². The number of nitrogens with one attached hydrogen (secondary N) is 1. The third-order valence-electron chi connectivity index (χ3n) is 6.12. The van der Waals surface area contributed by atoms with Crippen LogP contribution in [0.25, 0.3) is 0 Å². The number of benzene rings is 2. The smallest absolute Gasteiger partial charge is 0.257 e. The van der Waals surface area contributed by atoms with Crippen molar-refractivity contribution in [1.29, 1.82) is 0 Å². The van der Waals surface area contributed by atoms with Crippen LogP contribution in [0.4, 0.5) is 11.5 Å². The molecule has 6 nitrogen and oxygen atoms in total. The van der Waals surface area contributed by atoms with Crippen molar-refractivity contribution >= 4 is 17.4 Å². The van der Waals surface area contributed by atoms with Crippen LogP contribution < -0.4 is 10.2 Å². The maximum absolute atomic E-state index is 12.5. The SMILES string of the molecule is Cc1ccc(NC(=O)c2ccc(N3CCc4c(ncn4CCc4ccccc4)C3)nc2)cc1. The molecule has 0 unspecified atom stereocenters. The van der Waals surface area contributed by atoms with Crippen molar-refractivity contribution < 1.29 is 4.79 Å². The number of nitrogens with zero attached hydrogens (tertiary/aromatic N) is 4. The summed E-state index contributed by atoms with van der Waals surface area (Å²) in [5.41, 5.74) is 6.25. The van der Waals surface area contributed by atoms with Gasteiger partial charge in [-0.05, 0) is 43.2 Å². The normalized spacial score (nSPS) is 12.9. The number of hydrogen-bond donors (Lipinski definition) is 1. The van der Waals surface area contributed by atoms with E-state index < -0.39 is 0 Å². The lowest BCUT2D eigenvalue weighted by atomic mass is 10.1. The summed E-state index contributed by atoms with van der Waals surface area (Å²) in [6, 6.07) is 22.1. The van der Waals surface area contributed by atoms with E-state index in [1.54, 1.807) is 6.20 Å². The van der Waals surface area contributed by atoms with E-state index in [1.807, 2.05) is 55.7 Å². The maximum atomic E-state index is 12.5. The Morgan fingerprint density at radius 1 is 1.00 bits per heavy atom. The van der Waals surface area contributed by atoms with Gasteiger partial charge in [0, 0.05) is 37.1 Å². The molecule has 0 aliphatic carbocycles. The van der Waals surface area contributed by atoms with Gasteiger partial charge >= 0.3 is 0 Å². The largest absolute Gasteiger partial charge is 0.350 e. The summed E-state index contributed by atoms with van der Waals surface area (Å²) >= 11 is 0. The molecule has 3 heterocycles. The Balaban J connectivity index is 1.21. The molecule has 1 N–H and O–H groups in total. The molecule has 0 radical (unpaired) electrons. The standard InChI is InChI=1S/C27H27N5O/c1-20-7-10-23(11-8-20)30-27(33)22-9-12-26(28-17-22)31-16-14-25-24(18-31)29-19-32(25)15-13-21-5-3-2-4-6-21/h2-12,17,19H,13-16,18H2,1H3,(H,30,33). The first-order valence-corrected chi connectivity index (χ1v) is 11.3. The quantitative estimate of drug-likeness (QED) is 0.477. The van der Waals surface area contributed by atoms with Gasteiger partial charge in [0.15, 0.2) is 0 Å². The van der Waals surface area contributed by atoms with Gasteiger partial charge in [0.2, 0.25) is 0 Å². The van der Waals surface area contributed by atoms with Gasteiger partial charge in [-0.3, -0.25) is 4.79 Å². The van der Waals surface area contributed by atoms with Gasteiger partial charge in [-0.2, -0.15) is 0 Å². The van der Waals surface area contributed by atoms with Crippen LogP contribution in [0.2, 0.25) is 0 Å². The van der Waals surface area contributed by atoms with E-state index in [2.05, 4.69) is 49.0 Å². The predicted octanol–water partition coefficient (Wildman–Crippen LogP) is 4.64. The fourth-order valence-electron chi connectivity index (χ4n) is 4.20. The third-order valence-corrected chi connectivity index (χ3v) is 6.12. The molecule has 0 fully saturated rings. The highest BCUT2D eigenvalue weighted by atomic mass is 16.1. The molecule has 33 heavy (non-hydrogen) atoms. The Bertz CT molecular complexity index is 1230. The lowest BCUT2D eigenvalue weighted by Crippen LogP contribution is -2.32. The van der Waals surface area contributed by atoms with Gasteiger partial charge in [0.05, 0.1) is 24.1 Å². The number of anilines is 2. The number of amides is 1. The molecule has 2 aromatic heterocycles. The highest BCUT2D eigenvalue weighted by molar-refractivity contribution is 6.04. The number of pyridine rings is 1. The first-order chi connectivity index (χ1) is 16.2. The van der Waals surface area contributed by atoms with Crippen LogP contribution in [0.3, 0.4) is 0 Å². The van der Waals surface area contributed by atoms with Gasteiger partial charge in [-0.25, -0.2) is 9.97 Å². The Kier molecular flexibility index (Phi) is 5.89. The second kappa shape index (κ2) is 9.28. The van der Waals surface area contributed by atoms with Crippen molar-refractivity contribution in [3.05, 3.63) is 107 Å². The fraction of sp³-hybridized carbons (Fsp3) is 0.222. The molecule has 1 aliphatic heterocycles. The minimum atomic E-state index is -0.156. The van der Waals surface area contributed by atoms with E-state index in [1.165, 1.54) is 11.3 Å². The molecular formula is C27H27N5O. The third kappa shape index (κ3) is 4.80. The van der Waals surface area contributed by atoms with Crippen molar-refractivity contribution in [3.8, 4) is 0 Å². The van der Waals surface area contributed by atoms with Crippen LogP contribution in [0.15, 0.2) is 79.3 Å². The molecule has 166 valence electrons. The van der Waals surface area contributed by atoms with E-state index in [-0.39, 0.29) is 5.91 Å². The van der Waals surface area contributed by atoms with E-state index >= 15 is 0 Å². The molecule has 0 spiro atoms. The Morgan fingerprint density at radius 3 is 2.58 bits per heavy atom. The second-order valence-corrected chi connectivity index (χ2v) is 8.46. The summed E-state index contributed by atoms with van der Waals surface area (Å²) in [5.74, 6) is 0.711. The summed E-state index contributed by atoms with van der Waals surface area (Å²) in [6.45, 7) is 4.57. The van der Waals surface area contributed by atoms with E-state index in [0.29, 0.717) is 5.56 Å². The van der Waals surface area contributed by atoms with Gasteiger partial charge in [0.25, 0.3) is 5.91 Å². The van der Waals surface area contributed by atoms with Gasteiger partial charge < -0.3 is 14.8 Å². The number of fused-ring (bicyclic) bond motifs is 1. The summed E-state index contributed by atoms with van der Waals surface area (Å²) in [5, 5.41) is 2.92. The molecule has 1 aliphatic rings. The molecule has 0 saturated carbocycles. The van der Waals surface area contributed by atoms with Gasteiger partial charge in [-0.15, -0.1) is 0 Å². The average molecular weight is 438 g/mol. The van der Waals surface area contributed by atoms with E-state index in [9.17, 15) is 4.79 Å². The molecule has 6 heteroatoms. The monoisotopic (exact) mass is 437 g/mol. The van der Waals surface area contributed by atoms with E-state index in [0.717, 1.165) is 55.2 Å². The molecule has 0 saturated heterocycles. The minimum absolute atomic E-state index is 0.156. The Morgan fingerprint density at radius 2 is 1.82 bits per heavy atom. The lowest BCUT2D eigenvalue weighted by molar-refractivity contribution is 0.102. The molecule has 0 atom stereocenters. The number of imidazole rings is 1. The zero-order valence-electron chi connectivity index (χ0n) is 18.7. The van der Waals surface area contributed by atoms with Gasteiger partial charge in [-0.1, -0.05) is 48.0 Å². The minimum Gasteiger partial charge on any atom is -0.350 e. The molecule has 0 bridgehead atoms. The summed E-state index contributed by atoms with van der Waals surface area (Å²) in [7, 11) is 0.